The van der Waals surface area contributed by atoms with E-state index in [0.717, 1.165) is 11.1 Å². The number of aromatic nitrogens is 4. The Morgan fingerprint density at radius 2 is 1.75 bits per heavy atom. The van der Waals surface area contributed by atoms with Gasteiger partial charge in [-0.2, -0.15) is 9.50 Å². The predicted molar refractivity (Wildman–Crippen MR) is 93.3 cm³/mol. The van der Waals surface area contributed by atoms with Crippen molar-refractivity contribution in [2.75, 3.05) is 0 Å². The summed E-state index contributed by atoms with van der Waals surface area (Å²) in [4.78, 5) is 21.2. The van der Waals surface area contributed by atoms with E-state index in [0.29, 0.717) is 28.7 Å². The highest BCUT2D eigenvalue weighted by Gasteiger charge is 2.10. The second-order valence-corrected chi connectivity index (χ2v) is 5.89. The zero-order chi connectivity index (χ0) is 16.5. The van der Waals surface area contributed by atoms with Crippen molar-refractivity contribution >= 4 is 17.4 Å². The van der Waals surface area contributed by atoms with Gasteiger partial charge in [0.05, 0.1) is 5.69 Å². The number of H-pyrrole nitrogens is 1. The SMILES string of the molecule is O=c1cc(-c2ccc(Cl)cc2)nc2nc(Cc3ccccc3)[nH]n12. The highest BCUT2D eigenvalue weighted by Crippen LogP contribution is 2.19. The Hall–Kier alpha value is -2.92. The average molecular weight is 337 g/mol. The minimum atomic E-state index is -0.197. The number of hydrogen-bond acceptors (Lipinski definition) is 3. The van der Waals surface area contributed by atoms with Crippen LogP contribution in [0, 0.1) is 0 Å². The molecule has 0 saturated heterocycles. The van der Waals surface area contributed by atoms with Gasteiger partial charge in [-0.15, -0.1) is 0 Å². The Labute approximate surface area is 142 Å². The van der Waals surface area contributed by atoms with Crippen molar-refractivity contribution in [1.82, 2.24) is 19.6 Å². The quantitative estimate of drug-likeness (QED) is 0.624. The van der Waals surface area contributed by atoms with Crippen LogP contribution >= 0.6 is 11.6 Å². The molecule has 1 N–H and O–H groups in total. The van der Waals surface area contributed by atoms with Crippen LogP contribution in [0.3, 0.4) is 0 Å². The molecule has 0 spiro atoms. The maximum absolute atomic E-state index is 12.3. The molecule has 0 saturated carbocycles. The first-order chi connectivity index (χ1) is 11.7. The van der Waals surface area contributed by atoms with Gasteiger partial charge in [-0.25, -0.2) is 4.98 Å². The molecule has 0 fully saturated rings. The molecule has 0 amide bonds. The molecule has 24 heavy (non-hydrogen) atoms. The average Bonchev–Trinajstić information content (AvgIpc) is 2.99. The standard InChI is InChI=1S/C18H13ClN4O/c19-14-8-6-13(7-9-14)15-11-17(24)23-18(20-15)21-16(22-23)10-12-4-2-1-3-5-12/h1-9,11H,10H2,(H,20,21,22). The van der Waals surface area contributed by atoms with E-state index in [1.165, 1.54) is 10.6 Å². The summed E-state index contributed by atoms with van der Waals surface area (Å²) in [7, 11) is 0. The van der Waals surface area contributed by atoms with E-state index in [9.17, 15) is 4.79 Å². The van der Waals surface area contributed by atoms with Crippen molar-refractivity contribution in [2.24, 2.45) is 0 Å². The molecule has 5 nitrogen and oxygen atoms in total. The second kappa shape index (κ2) is 5.94. The van der Waals surface area contributed by atoms with Crippen LogP contribution < -0.4 is 5.56 Å². The summed E-state index contributed by atoms with van der Waals surface area (Å²) < 4.78 is 1.36. The van der Waals surface area contributed by atoms with E-state index in [1.54, 1.807) is 12.1 Å². The summed E-state index contributed by atoms with van der Waals surface area (Å²) in [6.45, 7) is 0. The third-order valence-electron chi connectivity index (χ3n) is 3.73. The Bertz CT molecular complexity index is 1050. The fourth-order valence-corrected chi connectivity index (χ4v) is 2.69. The monoisotopic (exact) mass is 336 g/mol. The summed E-state index contributed by atoms with van der Waals surface area (Å²) in [6.07, 6.45) is 0.611. The van der Waals surface area contributed by atoms with E-state index < -0.39 is 0 Å². The lowest BCUT2D eigenvalue weighted by Gasteiger charge is -2.00. The third kappa shape index (κ3) is 2.81. The van der Waals surface area contributed by atoms with Crippen molar-refractivity contribution in [3.63, 3.8) is 0 Å². The lowest BCUT2D eigenvalue weighted by molar-refractivity contribution is 0.864. The van der Waals surface area contributed by atoms with Crippen LogP contribution in [0.5, 0.6) is 0 Å². The number of benzene rings is 2. The van der Waals surface area contributed by atoms with Gasteiger partial charge in [0.1, 0.15) is 5.82 Å². The van der Waals surface area contributed by atoms with Crippen LogP contribution in [0.25, 0.3) is 17.0 Å². The summed E-state index contributed by atoms with van der Waals surface area (Å²) in [6, 6.07) is 18.6. The largest absolute Gasteiger partial charge is 0.275 e. The van der Waals surface area contributed by atoms with Gasteiger partial charge in [-0.05, 0) is 17.7 Å². The summed E-state index contributed by atoms with van der Waals surface area (Å²) in [5.74, 6) is 1.05. The number of aromatic amines is 1. The molecule has 0 radical (unpaired) electrons. The molecule has 0 atom stereocenters. The van der Waals surface area contributed by atoms with Crippen molar-refractivity contribution < 1.29 is 0 Å². The first-order valence-corrected chi connectivity index (χ1v) is 7.85. The van der Waals surface area contributed by atoms with Crippen LogP contribution in [0.2, 0.25) is 5.02 Å². The van der Waals surface area contributed by atoms with Gasteiger partial charge in [-0.1, -0.05) is 54.1 Å². The molecular weight excluding hydrogens is 324 g/mol. The maximum atomic E-state index is 12.3. The normalized spacial score (nSPS) is 11.0. The Kier molecular flexibility index (Phi) is 3.63. The van der Waals surface area contributed by atoms with E-state index in [1.807, 2.05) is 42.5 Å². The van der Waals surface area contributed by atoms with E-state index in [-0.39, 0.29) is 5.56 Å². The third-order valence-corrected chi connectivity index (χ3v) is 3.98. The summed E-state index contributed by atoms with van der Waals surface area (Å²) >= 11 is 5.90. The molecule has 6 heteroatoms. The Balaban J connectivity index is 1.75. The van der Waals surface area contributed by atoms with Crippen molar-refractivity contribution in [1.29, 1.82) is 0 Å². The Morgan fingerprint density at radius 3 is 2.50 bits per heavy atom. The van der Waals surface area contributed by atoms with Crippen LogP contribution in [-0.4, -0.2) is 19.6 Å². The molecule has 2 aromatic carbocycles. The van der Waals surface area contributed by atoms with Crippen molar-refractivity contribution in [3.05, 3.63) is 87.4 Å². The number of hydrogen-bond donors (Lipinski definition) is 1. The molecule has 2 heterocycles. The minimum absolute atomic E-state index is 0.197. The van der Waals surface area contributed by atoms with Gasteiger partial charge in [0.15, 0.2) is 0 Å². The van der Waals surface area contributed by atoms with Gasteiger partial charge < -0.3 is 0 Å². The molecule has 0 bridgehead atoms. The molecule has 2 aromatic heterocycles. The topological polar surface area (TPSA) is 63.0 Å². The van der Waals surface area contributed by atoms with Crippen LogP contribution in [0.1, 0.15) is 11.4 Å². The lowest BCUT2D eigenvalue weighted by atomic mass is 10.1. The Morgan fingerprint density at radius 1 is 1.00 bits per heavy atom. The van der Waals surface area contributed by atoms with Gasteiger partial charge in [0.25, 0.3) is 11.3 Å². The van der Waals surface area contributed by atoms with Gasteiger partial charge in [0, 0.05) is 23.1 Å². The number of halogens is 1. The molecular formula is C18H13ClN4O. The van der Waals surface area contributed by atoms with Crippen molar-refractivity contribution in [2.45, 2.75) is 6.42 Å². The van der Waals surface area contributed by atoms with Crippen molar-refractivity contribution in [3.8, 4) is 11.3 Å². The summed E-state index contributed by atoms with van der Waals surface area (Å²) in [5.41, 5.74) is 2.32. The first kappa shape index (κ1) is 14.7. The van der Waals surface area contributed by atoms with Gasteiger partial charge >= 0.3 is 0 Å². The number of fused-ring (bicyclic) bond motifs is 1. The zero-order valence-corrected chi connectivity index (χ0v) is 13.4. The van der Waals surface area contributed by atoms with Crippen LogP contribution in [-0.2, 0) is 6.42 Å². The molecule has 0 unspecified atom stereocenters. The molecule has 118 valence electrons. The second-order valence-electron chi connectivity index (χ2n) is 5.45. The highest BCUT2D eigenvalue weighted by atomic mass is 35.5. The van der Waals surface area contributed by atoms with Crippen LogP contribution in [0.15, 0.2) is 65.5 Å². The number of nitrogens with zero attached hydrogens (tertiary/aromatic N) is 3. The van der Waals surface area contributed by atoms with E-state index in [4.69, 9.17) is 11.6 Å². The van der Waals surface area contributed by atoms with E-state index in [2.05, 4.69) is 15.1 Å². The molecule has 4 aromatic rings. The lowest BCUT2D eigenvalue weighted by Crippen LogP contribution is -2.14. The van der Waals surface area contributed by atoms with Gasteiger partial charge in [0.2, 0.25) is 0 Å². The molecule has 4 rings (SSSR count). The number of rotatable bonds is 3. The molecule has 0 aliphatic rings. The van der Waals surface area contributed by atoms with Crippen LogP contribution in [0.4, 0.5) is 0 Å². The predicted octanol–water partition coefficient (Wildman–Crippen LogP) is 3.33. The highest BCUT2D eigenvalue weighted by molar-refractivity contribution is 6.30. The maximum Gasteiger partial charge on any atom is 0.274 e. The minimum Gasteiger partial charge on any atom is -0.275 e. The fourth-order valence-electron chi connectivity index (χ4n) is 2.56. The molecule has 0 aliphatic heterocycles. The fraction of sp³-hybridized carbons (Fsp3) is 0.0556. The van der Waals surface area contributed by atoms with Gasteiger partial charge in [-0.3, -0.25) is 9.89 Å². The number of nitrogens with one attached hydrogen (secondary N) is 1. The zero-order valence-electron chi connectivity index (χ0n) is 12.6. The smallest absolute Gasteiger partial charge is 0.274 e. The molecule has 0 aliphatic carbocycles. The van der Waals surface area contributed by atoms with E-state index >= 15 is 0 Å². The summed E-state index contributed by atoms with van der Waals surface area (Å²) in [5, 5.41) is 3.65. The first-order valence-electron chi connectivity index (χ1n) is 7.47.